The molecule has 0 N–H and O–H groups in total. The Bertz CT molecular complexity index is 981. The van der Waals surface area contributed by atoms with E-state index in [4.69, 9.17) is 0 Å². The Morgan fingerprint density at radius 3 is 2.57 bits per heavy atom. The molecule has 0 spiro atoms. The first-order chi connectivity index (χ1) is 14.8. The van der Waals surface area contributed by atoms with Gasteiger partial charge in [-0.25, -0.2) is 19.6 Å². The molecule has 1 amide bonds. The van der Waals surface area contributed by atoms with Crippen LogP contribution >= 0.6 is 0 Å². The number of amides is 1. The third-order valence-electron chi connectivity index (χ3n) is 5.64. The molecule has 0 aromatic carbocycles. The number of hydrogen-bond donors (Lipinski definition) is 0. The summed E-state index contributed by atoms with van der Waals surface area (Å²) in [5.74, 6) is 1.74. The molecule has 5 rings (SSSR count). The van der Waals surface area contributed by atoms with Crippen molar-refractivity contribution in [3.63, 3.8) is 0 Å². The first-order valence-electron chi connectivity index (χ1n) is 10.1. The third-order valence-corrected chi connectivity index (χ3v) is 5.64. The summed E-state index contributed by atoms with van der Waals surface area (Å²) in [5, 5.41) is 4.10. The predicted molar refractivity (Wildman–Crippen MR) is 109 cm³/mol. The quantitative estimate of drug-likeness (QED) is 0.595. The van der Waals surface area contributed by atoms with Crippen molar-refractivity contribution < 1.29 is 4.79 Å². The monoisotopic (exact) mass is 405 g/mol. The fourth-order valence-electron chi connectivity index (χ4n) is 3.89. The Labute approximate surface area is 174 Å². The highest BCUT2D eigenvalue weighted by atomic mass is 16.2. The van der Waals surface area contributed by atoms with Gasteiger partial charge in [0.05, 0.1) is 11.6 Å². The number of aromatic nitrogens is 6. The second-order valence-electron chi connectivity index (χ2n) is 7.60. The molecule has 2 saturated heterocycles. The molecule has 0 saturated carbocycles. The average Bonchev–Trinajstić information content (AvgIpc) is 3.29. The number of anilines is 1. The Hall–Kier alpha value is -3.40. The predicted octanol–water partition coefficient (Wildman–Crippen LogP) is 0.233. The number of carbonyl (C=O) groups excluding carboxylic acids is 1. The van der Waals surface area contributed by atoms with E-state index in [0.29, 0.717) is 18.9 Å². The Morgan fingerprint density at radius 2 is 1.83 bits per heavy atom. The van der Waals surface area contributed by atoms with Crippen LogP contribution in [0.4, 0.5) is 5.82 Å². The fraction of sp³-hybridized carbons (Fsp3) is 0.400. The van der Waals surface area contributed by atoms with Gasteiger partial charge in [-0.3, -0.25) is 14.7 Å². The van der Waals surface area contributed by atoms with E-state index in [1.165, 1.54) is 12.7 Å². The summed E-state index contributed by atoms with van der Waals surface area (Å²) in [7, 11) is 0. The number of piperazine rings is 1. The molecule has 0 radical (unpaired) electrons. The largest absolute Gasteiger partial charge is 0.355 e. The van der Waals surface area contributed by atoms with Gasteiger partial charge >= 0.3 is 0 Å². The van der Waals surface area contributed by atoms with Crippen molar-refractivity contribution in [2.45, 2.75) is 6.54 Å². The summed E-state index contributed by atoms with van der Waals surface area (Å²) in [4.78, 5) is 36.2. The molecule has 0 unspecified atom stereocenters. The molecule has 0 aliphatic carbocycles. The van der Waals surface area contributed by atoms with Gasteiger partial charge < -0.3 is 9.80 Å². The fourth-order valence-corrected chi connectivity index (χ4v) is 3.89. The van der Waals surface area contributed by atoms with Crippen molar-refractivity contribution in [2.24, 2.45) is 5.92 Å². The standard InChI is InChI=1S/C20H23N9O/c30-20(27-7-5-26(6-8-27)12-17-3-1-2-4-22-17)16-10-28(11-16)18-9-19(24-14-23-18)29-15-21-13-25-29/h1-4,9,13-16H,5-8,10-12H2. The molecule has 2 aliphatic rings. The topological polar surface area (TPSA) is 96.2 Å². The molecule has 0 bridgehead atoms. The molecule has 2 aliphatic heterocycles. The lowest BCUT2D eigenvalue weighted by Gasteiger charge is -2.43. The first-order valence-corrected chi connectivity index (χ1v) is 10.1. The van der Waals surface area contributed by atoms with E-state index in [1.807, 2.05) is 35.4 Å². The minimum Gasteiger partial charge on any atom is -0.355 e. The van der Waals surface area contributed by atoms with E-state index in [2.05, 4.69) is 34.8 Å². The van der Waals surface area contributed by atoms with E-state index in [9.17, 15) is 4.79 Å². The lowest BCUT2D eigenvalue weighted by molar-refractivity contribution is -0.138. The zero-order chi connectivity index (χ0) is 20.3. The van der Waals surface area contributed by atoms with Gasteiger partial charge in [0.1, 0.15) is 24.8 Å². The maximum Gasteiger partial charge on any atom is 0.229 e. The summed E-state index contributed by atoms with van der Waals surface area (Å²) >= 11 is 0. The zero-order valence-corrected chi connectivity index (χ0v) is 16.6. The highest BCUT2D eigenvalue weighted by Crippen LogP contribution is 2.25. The number of pyridine rings is 1. The highest BCUT2D eigenvalue weighted by molar-refractivity contribution is 5.82. The summed E-state index contributed by atoms with van der Waals surface area (Å²) in [5.41, 5.74) is 1.07. The van der Waals surface area contributed by atoms with E-state index in [0.717, 1.165) is 44.2 Å². The van der Waals surface area contributed by atoms with Gasteiger partial charge in [0.25, 0.3) is 0 Å². The van der Waals surface area contributed by atoms with E-state index < -0.39 is 0 Å². The number of hydrogen-bond acceptors (Lipinski definition) is 8. The Balaban J connectivity index is 1.12. The summed E-state index contributed by atoms with van der Waals surface area (Å²) < 4.78 is 1.60. The molecule has 3 aromatic heterocycles. The number of rotatable bonds is 5. The molecule has 5 heterocycles. The SMILES string of the molecule is O=C(C1CN(c2cc(-n3cncn3)ncn2)C1)N1CCN(Cc2ccccn2)CC1. The number of nitrogens with zero attached hydrogens (tertiary/aromatic N) is 9. The van der Waals surface area contributed by atoms with Crippen molar-refractivity contribution in [2.75, 3.05) is 44.2 Å². The Kier molecular flexibility index (Phi) is 5.06. The molecule has 10 heteroatoms. The molecular formula is C20H23N9O. The number of carbonyl (C=O) groups is 1. The van der Waals surface area contributed by atoms with Crippen LogP contribution in [0, 0.1) is 5.92 Å². The highest BCUT2D eigenvalue weighted by Gasteiger charge is 2.37. The lowest BCUT2D eigenvalue weighted by atomic mass is 9.98. The van der Waals surface area contributed by atoms with Crippen LogP contribution in [0.5, 0.6) is 0 Å². The molecule has 10 nitrogen and oxygen atoms in total. The van der Waals surface area contributed by atoms with Gasteiger partial charge in [-0.15, -0.1) is 0 Å². The summed E-state index contributed by atoms with van der Waals surface area (Å²) in [6.45, 7) is 5.50. The molecule has 154 valence electrons. The van der Waals surface area contributed by atoms with E-state index in [1.54, 1.807) is 11.0 Å². The molecular weight excluding hydrogens is 382 g/mol. The van der Waals surface area contributed by atoms with Gasteiger partial charge in [-0.05, 0) is 12.1 Å². The van der Waals surface area contributed by atoms with Crippen LogP contribution < -0.4 is 4.90 Å². The normalized spacial score (nSPS) is 17.7. The second-order valence-corrected chi connectivity index (χ2v) is 7.60. The van der Waals surface area contributed by atoms with Crippen LogP contribution in [0.2, 0.25) is 0 Å². The van der Waals surface area contributed by atoms with Crippen LogP contribution in [-0.4, -0.2) is 84.7 Å². The van der Waals surface area contributed by atoms with Gasteiger partial charge in [-0.1, -0.05) is 6.07 Å². The minimum absolute atomic E-state index is 0.0251. The van der Waals surface area contributed by atoms with Gasteiger partial charge in [0.2, 0.25) is 5.91 Å². The third kappa shape index (κ3) is 3.86. The average molecular weight is 405 g/mol. The Morgan fingerprint density at radius 1 is 1.00 bits per heavy atom. The smallest absolute Gasteiger partial charge is 0.229 e. The van der Waals surface area contributed by atoms with Crippen molar-refractivity contribution >= 4 is 11.7 Å². The second kappa shape index (κ2) is 8.15. The van der Waals surface area contributed by atoms with Crippen LogP contribution in [0.1, 0.15) is 5.69 Å². The van der Waals surface area contributed by atoms with Crippen LogP contribution in [-0.2, 0) is 11.3 Å². The molecule has 0 atom stereocenters. The van der Waals surface area contributed by atoms with Gasteiger partial charge in [-0.2, -0.15) is 5.10 Å². The van der Waals surface area contributed by atoms with E-state index >= 15 is 0 Å². The van der Waals surface area contributed by atoms with Crippen LogP contribution in [0.25, 0.3) is 5.82 Å². The summed E-state index contributed by atoms with van der Waals surface area (Å²) in [6, 6.07) is 7.85. The van der Waals surface area contributed by atoms with Crippen molar-refractivity contribution in [1.29, 1.82) is 0 Å². The maximum atomic E-state index is 12.9. The van der Waals surface area contributed by atoms with Crippen molar-refractivity contribution in [3.05, 3.63) is 55.1 Å². The van der Waals surface area contributed by atoms with Gasteiger partial charge in [0, 0.05) is 58.1 Å². The summed E-state index contributed by atoms with van der Waals surface area (Å²) in [6.07, 6.45) is 6.41. The van der Waals surface area contributed by atoms with E-state index in [-0.39, 0.29) is 11.8 Å². The molecule has 30 heavy (non-hydrogen) atoms. The molecule has 2 fully saturated rings. The van der Waals surface area contributed by atoms with Gasteiger partial charge in [0.15, 0.2) is 5.82 Å². The first kappa shape index (κ1) is 18.6. The zero-order valence-electron chi connectivity index (χ0n) is 16.6. The molecule has 3 aromatic rings. The minimum atomic E-state index is 0.0251. The van der Waals surface area contributed by atoms with Crippen LogP contribution in [0.15, 0.2) is 49.4 Å². The van der Waals surface area contributed by atoms with Crippen molar-refractivity contribution in [3.8, 4) is 5.82 Å². The van der Waals surface area contributed by atoms with Crippen molar-refractivity contribution in [1.82, 2.24) is 39.5 Å². The maximum absolute atomic E-state index is 12.9. The lowest BCUT2D eigenvalue weighted by Crippen LogP contribution is -2.58. The van der Waals surface area contributed by atoms with Crippen LogP contribution in [0.3, 0.4) is 0 Å².